The third-order valence-corrected chi connectivity index (χ3v) is 2.59. The second kappa shape index (κ2) is 4.02. The molecule has 4 heteroatoms. The van der Waals surface area contributed by atoms with Gasteiger partial charge >= 0.3 is 0 Å². The van der Waals surface area contributed by atoms with Crippen LogP contribution in [0.5, 0.6) is 0 Å². The quantitative estimate of drug-likeness (QED) is 0.460. The molecule has 0 amide bonds. The molecule has 1 aromatic carbocycles. The normalized spacial score (nSPS) is 11.6. The number of nitrogens with two attached hydrogens (primary N) is 1. The van der Waals surface area contributed by atoms with E-state index in [-0.39, 0.29) is 0 Å². The highest BCUT2D eigenvalue weighted by Crippen LogP contribution is 2.12. The van der Waals surface area contributed by atoms with Crippen LogP contribution in [0.15, 0.2) is 47.0 Å². The summed E-state index contributed by atoms with van der Waals surface area (Å²) in [5.74, 6) is 5.35. The average Bonchev–Trinajstić information content (AvgIpc) is 2.74. The summed E-state index contributed by atoms with van der Waals surface area (Å²) in [5.41, 5.74) is 1.73. The van der Waals surface area contributed by atoms with Gasteiger partial charge in [0, 0.05) is 17.1 Å². The molecule has 0 aliphatic rings. The lowest BCUT2D eigenvalue weighted by Gasteiger charge is -2.00. The Balaban J connectivity index is 2.43. The van der Waals surface area contributed by atoms with Crippen molar-refractivity contribution in [2.24, 2.45) is 10.9 Å². The summed E-state index contributed by atoms with van der Waals surface area (Å²) < 4.78 is 0. The topological polar surface area (TPSA) is 51.3 Å². The van der Waals surface area contributed by atoms with E-state index in [0.717, 1.165) is 16.3 Å². The van der Waals surface area contributed by atoms with Crippen LogP contribution in [0.4, 0.5) is 0 Å². The number of thiazole rings is 1. The number of hydrazone groups is 1. The molecule has 0 unspecified atom stereocenters. The molecule has 2 rings (SSSR count). The minimum absolute atomic E-state index is 0.737. The lowest BCUT2D eigenvalue weighted by molar-refractivity contribution is 1.23. The first-order valence-electron chi connectivity index (χ1n) is 4.15. The van der Waals surface area contributed by atoms with Crippen LogP contribution in [0, 0.1) is 0 Å². The third-order valence-electron chi connectivity index (χ3n) is 1.81. The molecule has 0 aliphatic carbocycles. The van der Waals surface area contributed by atoms with Crippen molar-refractivity contribution in [3.8, 4) is 0 Å². The number of benzene rings is 1. The average molecular weight is 203 g/mol. The van der Waals surface area contributed by atoms with Gasteiger partial charge in [0.15, 0.2) is 0 Å². The number of hydrogen-bond donors (Lipinski definition) is 1. The smallest absolute Gasteiger partial charge is 0.144 e. The van der Waals surface area contributed by atoms with Crippen molar-refractivity contribution in [3.05, 3.63) is 52.5 Å². The number of aromatic nitrogens is 1. The van der Waals surface area contributed by atoms with Crippen molar-refractivity contribution in [3.63, 3.8) is 0 Å². The Morgan fingerprint density at radius 3 is 2.64 bits per heavy atom. The highest BCUT2D eigenvalue weighted by Gasteiger charge is 2.07. The predicted molar refractivity (Wildman–Crippen MR) is 58.4 cm³/mol. The molecule has 0 saturated carbocycles. The third kappa shape index (κ3) is 1.65. The van der Waals surface area contributed by atoms with Crippen molar-refractivity contribution in [2.75, 3.05) is 0 Å². The van der Waals surface area contributed by atoms with Gasteiger partial charge in [0.25, 0.3) is 0 Å². The molecule has 0 radical (unpaired) electrons. The molecule has 14 heavy (non-hydrogen) atoms. The van der Waals surface area contributed by atoms with Gasteiger partial charge in [-0.25, -0.2) is 4.98 Å². The zero-order valence-electron chi connectivity index (χ0n) is 7.42. The zero-order chi connectivity index (χ0) is 9.80. The van der Waals surface area contributed by atoms with Crippen LogP contribution >= 0.6 is 11.3 Å². The highest BCUT2D eigenvalue weighted by molar-refractivity contribution is 7.11. The standard InChI is InChI=1S/C10H9N3S/c11-13-9(10-12-6-7-14-10)8-4-2-1-3-5-8/h1-7H,11H2/b13-9+. The molecule has 0 saturated heterocycles. The highest BCUT2D eigenvalue weighted by atomic mass is 32.1. The van der Waals surface area contributed by atoms with Gasteiger partial charge in [0.2, 0.25) is 0 Å². The molecule has 1 heterocycles. The fraction of sp³-hybridized carbons (Fsp3) is 0. The second-order valence-corrected chi connectivity index (χ2v) is 3.58. The van der Waals surface area contributed by atoms with Gasteiger partial charge in [-0.2, -0.15) is 5.10 Å². The Bertz CT molecular complexity index is 420. The molecule has 3 nitrogen and oxygen atoms in total. The largest absolute Gasteiger partial charge is 0.323 e. The van der Waals surface area contributed by atoms with Gasteiger partial charge in [-0.15, -0.1) is 11.3 Å². The first kappa shape index (κ1) is 8.90. The van der Waals surface area contributed by atoms with Gasteiger partial charge in [0.05, 0.1) is 0 Å². The summed E-state index contributed by atoms with van der Waals surface area (Å²) in [4.78, 5) is 4.17. The van der Waals surface area contributed by atoms with Crippen molar-refractivity contribution in [2.45, 2.75) is 0 Å². The molecule has 0 spiro atoms. The Morgan fingerprint density at radius 1 is 1.29 bits per heavy atom. The number of hydrogen-bond acceptors (Lipinski definition) is 4. The van der Waals surface area contributed by atoms with Crippen LogP contribution in [0.3, 0.4) is 0 Å². The van der Waals surface area contributed by atoms with Crippen molar-refractivity contribution in [1.29, 1.82) is 0 Å². The van der Waals surface area contributed by atoms with Crippen molar-refractivity contribution < 1.29 is 0 Å². The van der Waals surface area contributed by atoms with Crippen molar-refractivity contribution in [1.82, 2.24) is 4.98 Å². The van der Waals surface area contributed by atoms with E-state index in [2.05, 4.69) is 10.1 Å². The Labute approximate surface area is 85.9 Å². The van der Waals surface area contributed by atoms with Crippen LogP contribution < -0.4 is 5.84 Å². The van der Waals surface area contributed by atoms with E-state index in [0.29, 0.717) is 0 Å². The first-order chi connectivity index (χ1) is 6.92. The molecular formula is C10H9N3S. The summed E-state index contributed by atoms with van der Waals surface area (Å²) >= 11 is 1.53. The maximum atomic E-state index is 5.35. The van der Waals surface area contributed by atoms with Gasteiger partial charge in [-0.05, 0) is 0 Å². The monoisotopic (exact) mass is 203 g/mol. The summed E-state index contributed by atoms with van der Waals surface area (Å²) in [6.07, 6.45) is 1.74. The zero-order valence-corrected chi connectivity index (χ0v) is 8.24. The molecule has 0 atom stereocenters. The molecule has 70 valence electrons. The Hall–Kier alpha value is -1.68. The minimum atomic E-state index is 0.737. The molecule has 1 aromatic heterocycles. The molecule has 0 fully saturated rings. The van der Waals surface area contributed by atoms with Gasteiger partial charge < -0.3 is 5.84 Å². The summed E-state index contributed by atoms with van der Waals surface area (Å²) in [7, 11) is 0. The second-order valence-electron chi connectivity index (χ2n) is 2.68. The maximum Gasteiger partial charge on any atom is 0.144 e. The minimum Gasteiger partial charge on any atom is -0.323 e. The van der Waals surface area contributed by atoms with E-state index in [4.69, 9.17) is 5.84 Å². The van der Waals surface area contributed by atoms with Crippen LogP contribution in [-0.4, -0.2) is 10.7 Å². The SMILES string of the molecule is N/N=C(\c1ccccc1)c1nccs1. The summed E-state index contributed by atoms with van der Waals surface area (Å²) in [6, 6.07) is 9.79. The summed E-state index contributed by atoms with van der Waals surface area (Å²) in [6.45, 7) is 0. The first-order valence-corrected chi connectivity index (χ1v) is 5.03. The van der Waals surface area contributed by atoms with Gasteiger partial charge in [-0.1, -0.05) is 30.3 Å². The van der Waals surface area contributed by atoms with Crippen molar-refractivity contribution >= 4 is 17.0 Å². The van der Waals surface area contributed by atoms with Gasteiger partial charge in [-0.3, -0.25) is 0 Å². The van der Waals surface area contributed by atoms with Crippen LogP contribution in [0.25, 0.3) is 0 Å². The van der Waals surface area contributed by atoms with E-state index in [1.54, 1.807) is 6.20 Å². The van der Waals surface area contributed by atoms with Crippen LogP contribution in [-0.2, 0) is 0 Å². The Kier molecular flexibility index (Phi) is 2.55. The molecule has 2 N–H and O–H groups in total. The Morgan fingerprint density at radius 2 is 2.07 bits per heavy atom. The lowest BCUT2D eigenvalue weighted by atomic mass is 10.1. The molecular weight excluding hydrogens is 194 g/mol. The fourth-order valence-corrected chi connectivity index (χ4v) is 1.84. The van der Waals surface area contributed by atoms with E-state index in [1.165, 1.54) is 11.3 Å². The lowest BCUT2D eigenvalue weighted by Crippen LogP contribution is -2.05. The van der Waals surface area contributed by atoms with Crippen LogP contribution in [0.1, 0.15) is 10.6 Å². The number of nitrogens with zero attached hydrogens (tertiary/aromatic N) is 2. The van der Waals surface area contributed by atoms with E-state index >= 15 is 0 Å². The van der Waals surface area contributed by atoms with Crippen LogP contribution in [0.2, 0.25) is 0 Å². The molecule has 0 bridgehead atoms. The number of rotatable bonds is 2. The van der Waals surface area contributed by atoms with Gasteiger partial charge in [0.1, 0.15) is 10.7 Å². The summed E-state index contributed by atoms with van der Waals surface area (Å²) in [5, 5.41) is 6.52. The molecule has 0 aliphatic heterocycles. The maximum absolute atomic E-state index is 5.35. The van der Waals surface area contributed by atoms with E-state index < -0.39 is 0 Å². The fourth-order valence-electron chi connectivity index (χ4n) is 1.19. The predicted octanol–water partition coefficient (Wildman–Crippen LogP) is 1.85. The van der Waals surface area contributed by atoms with E-state index in [1.807, 2.05) is 35.7 Å². The molecule has 2 aromatic rings. The van der Waals surface area contributed by atoms with E-state index in [9.17, 15) is 0 Å².